The summed E-state index contributed by atoms with van der Waals surface area (Å²) in [4.78, 5) is 21.4. The number of nitrogens with one attached hydrogen (secondary N) is 1. The summed E-state index contributed by atoms with van der Waals surface area (Å²) in [6, 6.07) is 11.5. The zero-order chi connectivity index (χ0) is 19.7. The number of carbonyl (C=O) groups is 2. The number of methoxy groups -OCH3 is 1. The third kappa shape index (κ3) is 7.22. The maximum absolute atomic E-state index is 11.9. The number of rotatable bonds is 4. The van der Waals surface area contributed by atoms with E-state index in [1.165, 1.54) is 29.7 Å². The number of halogens is 3. The smallest absolute Gasteiger partial charge is 0.393 e. The molecule has 9 heteroatoms. The molecule has 0 aliphatic rings. The molecular formula is C17H17F3N2O4. The SMILES string of the molecule is COc1ccc(C(N)=O)cc1.O=C(NO)c1ccc(CC(F)(F)F)cc1. The summed E-state index contributed by atoms with van der Waals surface area (Å²) in [7, 11) is 1.57. The highest BCUT2D eigenvalue weighted by Gasteiger charge is 2.27. The Bertz CT molecular complexity index is 729. The van der Waals surface area contributed by atoms with Crippen LogP contribution in [0.5, 0.6) is 5.75 Å². The van der Waals surface area contributed by atoms with E-state index < -0.39 is 24.4 Å². The normalized spacial score (nSPS) is 10.3. The highest BCUT2D eigenvalue weighted by Crippen LogP contribution is 2.21. The number of alkyl halides is 3. The molecule has 26 heavy (non-hydrogen) atoms. The fourth-order valence-electron chi connectivity index (χ4n) is 1.83. The van der Waals surface area contributed by atoms with Crippen LogP contribution in [0.2, 0.25) is 0 Å². The molecular weight excluding hydrogens is 353 g/mol. The Morgan fingerprint density at radius 3 is 1.92 bits per heavy atom. The summed E-state index contributed by atoms with van der Waals surface area (Å²) in [6.45, 7) is 0. The molecule has 4 N–H and O–H groups in total. The van der Waals surface area contributed by atoms with Gasteiger partial charge in [-0.3, -0.25) is 14.8 Å². The predicted octanol–water partition coefficient (Wildman–Crippen LogP) is 2.70. The van der Waals surface area contributed by atoms with Crippen molar-refractivity contribution in [2.24, 2.45) is 5.73 Å². The first kappa shape index (κ1) is 21.0. The molecule has 2 amide bonds. The van der Waals surface area contributed by atoms with Crippen molar-refractivity contribution in [3.05, 3.63) is 65.2 Å². The van der Waals surface area contributed by atoms with Gasteiger partial charge in [-0.2, -0.15) is 13.2 Å². The van der Waals surface area contributed by atoms with Crippen molar-refractivity contribution in [2.45, 2.75) is 12.6 Å². The molecule has 6 nitrogen and oxygen atoms in total. The lowest BCUT2D eigenvalue weighted by Crippen LogP contribution is -2.18. The zero-order valence-electron chi connectivity index (χ0n) is 13.7. The zero-order valence-corrected chi connectivity index (χ0v) is 13.7. The Kier molecular flexibility index (Phi) is 7.60. The first-order valence-corrected chi connectivity index (χ1v) is 7.20. The molecule has 0 aliphatic carbocycles. The average Bonchev–Trinajstić information content (AvgIpc) is 2.61. The molecule has 0 radical (unpaired) electrons. The van der Waals surface area contributed by atoms with Gasteiger partial charge in [0.1, 0.15) is 5.75 Å². The summed E-state index contributed by atoms with van der Waals surface area (Å²) in [5, 5.41) is 8.26. The Morgan fingerprint density at radius 1 is 1.04 bits per heavy atom. The number of benzene rings is 2. The molecule has 0 spiro atoms. The Labute approximate surface area is 147 Å². The number of hydroxylamine groups is 1. The molecule has 2 rings (SSSR count). The van der Waals surface area contributed by atoms with Crippen molar-refractivity contribution in [1.29, 1.82) is 0 Å². The van der Waals surface area contributed by atoms with Crippen LogP contribution in [0.25, 0.3) is 0 Å². The topological polar surface area (TPSA) is 102 Å². The van der Waals surface area contributed by atoms with Crippen LogP contribution in [0, 0.1) is 0 Å². The first-order chi connectivity index (χ1) is 12.2. The summed E-state index contributed by atoms with van der Waals surface area (Å²) < 4.78 is 40.7. The second-order valence-corrected chi connectivity index (χ2v) is 5.02. The van der Waals surface area contributed by atoms with Crippen LogP contribution in [0.4, 0.5) is 13.2 Å². The van der Waals surface area contributed by atoms with Crippen LogP contribution in [0.1, 0.15) is 26.3 Å². The van der Waals surface area contributed by atoms with Crippen molar-refractivity contribution < 1.29 is 32.7 Å². The Balaban J connectivity index is 0.000000273. The molecule has 0 unspecified atom stereocenters. The first-order valence-electron chi connectivity index (χ1n) is 7.20. The van der Waals surface area contributed by atoms with Gasteiger partial charge in [0, 0.05) is 11.1 Å². The molecule has 140 valence electrons. The molecule has 0 aliphatic heterocycles. The maximum Gasteiger partial charge on any atom is 0.393 e. The highest BCUT2D eigenvalue weighted by molar-refractivity contribution is 5.93. The number of hydrogen-bond acceptors (Lipinski definition) is 4. The van der Waals surface area contributed by atoms with Crippen LogP contribution in [-0.2, 0) is 6.42 Å². The maximum atomic E-state index is 11.9. The molecule has 0 aromatic heterocycles. The minimum Gasteiger partial charge on any atom is -0.497 e. The summed E-state index contributed by atoms with van der Waals surface area (Å²) >= 11 is 0. The third-order valence-corrected chi connectivity index (χ3v) is 3.10. The van der Waals surface area contributed by atoms with E-state index in [0.717, 1.165) is 5.75 Å². The summed E-state index contributed by atoms with van der Waals surface area (Å²) in [5.74, 6) is -0.462. The lowest BCUT2D eigenvalue weighted by Gasteiger charge is -2.06. The van der Waals surface area contributed by atoms with Crippen molar-refractivity contribution in [3.8, 4) is 5.75 Å². The minimum atomic E-state index is -4.26. The molecule has 0 atom stereocenters. The summed E-state index contributed by atoms with van der Waals surface area (Å²) in [5.41, 5.74) is 7.07. The second-order valence-electron chi connectivity index (χ2n) is 5.02. The van der Waals surface area contributed by atoms with Gasteiger partial charge in [-0.05, 0) is 42.0 Å². The molecule has 0 saturated carbocycles. The molecule has 0 bridgehead atoms. The van der Waals surface area contributed by atoms with E-state index in [-0.39, 0.29) is 11.1 Å². The van der Waals surface area contributed by atoms with Gasteiger partial charge in [0.05, 0.1) is 13.5 Å². The van der Waals surface area contributed by atoms with E-state index in [9.17, 15) is 22.8 Å². The average molecular weight is 370 g/mol. The number of nitrogens with two attached hydrogens (primary N) is 1. The van der Waals surface area contributed by atoms with Gasteiger partial charge in [-0.25, -0.2) is 5.48 Å². The largest absolute Gasteiger partial charge is 0.497 e. The third-order valence-electron chi connectivity index (χ3n) is 3.10. The number of amides is 2. The lowest BCUT2D eigenvalue weighted by atomic mass is 10.1. The fraction of sp³-hybridized carbons (Fsp3) is 0.176. The Morgan fingerprint density at radius 2 is 1.54 bits per heavy atom. The highest BCUT2D eigenvalue weighted by atomic mass is 19.4. The summed E-state index contributed by atoms with van der Waals surface area (Å²) in [6.07, 6.45) is -5.30. The van der Waals surface area contributed by atoms with Crippen LogP contribution < -0.4 is 16.0 Å². The molecule has 0 heterocycles. The molecule has 2 aromatic rings. The van der Waals surface area contributed by atoms with E-state index in [1.54, 1.807) is 31.4 Å². The van der Waals surface area contributed by atoms with Crippen LogP contribution in [-0.4, -0.2) is 30.3 Å². The van der Waals surface area contributed by atoms with Gasteiger partial charge in [0.2, 0.25) is 5.91 Å². The van der Waals surface area contributed by atoms with Gasteiger partial charge in [-0.1, -0.05) is 12.1 Å². The Hall–Kier alpha value is -3.07. The van der Waals surface area contributed by atoms with Gasteiger partial charge < -0.3 is 10.5 Å². The predicted molar refractivity (Wildman–Crippen MR) is 87.0 cm³/mol. The van der Waals surface area contributed by atoms with Crippen molar-refractivity contribution in [3.63, 3.8) is 0 Å². The molecule has 2 aromatic carbocycles. The second kappa shape index (κ2) is 9.42. The van der Waals surface area contributed by atoms with E-state index in [1.807, 2.05) is 0 Å². The van der Waals surface area contributed by atoms with Crippen LogP contribution in [0.3, 0.4) is 0 Å². The monoisotopic (exact) mass is 370 g/mol. The quantitative estimate of drug-likeness (QED) is 0.569. The van der Waals surface area contributed by atoms with E-state index in [2.05, 4.69) is 0 Å². The lowest BCUT2D eigenvalue weighted by molar-refractivity contribution is -0.127. The standard InChI is InChI=1S/C9H8F3NO2.C8H9NO2/c10-9(11,12)5-6-1-3-7(4-2-6)8(14)13-15;1-11-7-4-2-6(3-5-7)8(9)10/h1-4,15H,5H2,(H,13,14);2-5H,1H3,(H2,9,10). The number of hydrogen-bond donors (Lipinski definition) is 3. The molecule has 0 saturated heterocycles. The number of primary amides is 1. The van der Waals surface area contributed by atoms with Crippen molar-refractivity contribution in [1.82, 2.24) is 5.48 Å². The fourth-order valence-corrected chi connectivity index (χ4v) is 1.83. The van der Waals surface area contributed by atoms with Crippen molar-refractivity contribution in [2.75, 3.05) is 7.11 Å². The van der Waals surface area contributed by atoms with Gasteiger partial charge >= 0.3 is 6.18 Å². The van der Waals surface area contributed by atoms with Crippen molar-refractivity contribution >= 4 is 11.8 Å². The minimum absolute atomic E-state index is 0.0667. The van der Waals surface area contributed by atoms with Gasteiger partial charge in [-0.15, -0.1) is 0 Å². The van der Waals surface area contributed by atoms with E-state index in [4.69, 9.17) is 15.7 Å². The van der Waals surface area contributed by atoms with Crippen LogP contribution in [0.15, 0.2) is 48.5 Å². The van der Waals surface area contributed by atoms with Crippen LogP contribution >= 0.6 is 0 Å². The van der Waals surface area contributed by atoms with Gasteiger partial charge in [0.25, 0.3) is 5.91 Å². The number of carbonyl (C=O) groups excluding carboxylic acids is 2. The van der Waals surface area contributed by atoms with Gasteiger partial charge in [0.15, 0.2) is 0 Å². The van der Waals surface area contributed by atoms with E-state index in [0.29, 0.717) is 5.56 Å². The number of ether oxygens (including phenoxy) is 1. The molecule has 0 fully saturated rings. The van der Waals surface area contributed by atoms with E-state index >= 15 is 0 Å².